The predicted molar refractivity (Wildman–Crippen MR) is 243 cm³/mol. The quantitative estimate of drug-likeness (QED) is 0.165. The highest BCUT2D eigenvalue weighted by atomic mass is 16.3. The summed E-state index contributed by atoms with van der Waals surface area (Å²) in [4.78, 5) is 0. The molecule has 0 saturated heterocycles. The largest absolute Gasteiger partial charge is 0.455 e. The summed E-state index contributed by atoms with van der Waals surface area (Å²) >= 11 is 0. The van der Waals surface area contributed by atoms with Crippen molar-refractivity contribution in [2.45, 2.75) is 0 Å². The topological polar surface area (TPSA) is 13.1 Å². The van der Waals surface area contributed by atoms with Gasteiger partial charge in [0.2, 0.25) is 0 Å². The van der Waals surface area contributed by atoms with Crippen LogP contribution < -0.4 is 0 Å². The van der Waals surface area contributed by atoms with Gasteiger partial charge in [0.1, 0.15) is 11.2 Å². The molecule has 1 aromatic heterocycles. The second kappa shape index (κ2) is 12.5. The number of fused-ring (bicyclic) bond motifs is 9. The van der Waals surface area contributed by atoms with Crippen LogP contribution >= 0.6 is 0 Å². The molecule has 0 unspecified atom stereocenters. The third kappa shape index (κ3) is 4.89. The molecule has 0 bridgehead atoms. The molecule has 264 valence electrons. The Hall–Kier alpha value is -7.48. The molecule has 12 aromatic rings. The highest BCUT2D eigenvalue weighted by Crippen LogP contribution is 2.50. The average molecular weight is 723 g/mol. The van der Waals surface area contributed by atoms with Crippen LogP contribution in [-0.4, -0.2) is 0 Å². The SMILES string of the molecule is c1ccc(-c2c(-c3ccc4c(-c5ccc6ccccc6c5)c5ccccc5c(-c5ccc6ccccc6c5)c4c3)c3ccccc3c3c2oc2ccccc23)cc1. The lowest BCUT2D eigenvalue weighted by atomic mass is 9.82. The Bertz CT molecular complexity index is 3570. The third-order valence-corrected chi connectivity index (χ3v) is 12.0. The molecular weight excluding hydrogens is 689 g/mol. The van der Waals surface area contributed by atoms with Crippen LogP contribution in [0.1, 0.15) is 0 Å². The van der Waals surface area contributed by atoms with Crippen LogP contribution in [0.5, 0.6) is 0 Å². The number of para-hydroxylation sites is 1. The molecule has 0 N–H and O–H groups in total. The molecule has 0 spiro atoms. The summed E-state index contributed by atoms with van der Waals surface area (Å²) in [5.74, 6) is 0. The lowest BCUT2D eigenvalue weighted by Gasteiger charge is -2.21. The molecule has 0 fully saturated rings. The summed E-state index contributed by atoms with van der Waals surface area (Å²) in [6.45, 7) is 0. The number of rotatable bonds is 4. The lowest BCUT2D eigenvalue weighted by molar-refractivity contribution is 0.670. The first-order chi connectivity index (χ1) is 28.3. The normalized spacial score (nSPS) is 11.9. The Morgan fingerprint density at radius 1 is 0.246 bits per heavy atom. The summed E-state index contributed by atoms with van der Waals surface area (Å²) in [7, 11) is 0. The molecule has 1 heterocycles. The van der Waals surface area contributed by atoms with Crippen molar-refractivity contribution in [3.8, 4) is 44.5 Å². The van der Waals surface area contributed by atoms with Crippen LogP contribution in [-0.2, 0) is 0 Å². The summed E-state index contributed by atoms with van der Waals surface area (Å²) in [5.41, 5.74) is 11.3. The Balaban J connectivity index is 1.25. The minimum absolute atomic E-state index is 0.899. The number of benzene rings is 11. The number of hydrogen-bond acceptors (Lipinski definition) is 1. The zero-order chi connectivity index (χ0) is 37.5. The maximum atomic E-state index is 6.90. The summed E-state index contributed by atoms with van der Waals surface area (Å²) < 4.78 is 6.90. The molecule has 0 radical (unpaired) electrons. The van der Waals surface area contributed by atoms with E-state index < -0.39 is 0 Å². The van der Waals surface area contributed by atoms with E-state index in [-0.39, 0.29) is 0 Å². The van der Waals surface area contributed by atoms with Gasteiger partial charge in [-0.25, -0.2) is 0 Å². The summed E-state index contributed by atoms with van der Waals surface area (Å²) in [5, 5.41) is 14.6. The van der Waals surface area contributed by atoms with E-state index >= 15 is 0 Å². The molecule has 0 amide bonds. The van der Waals surface area contributed by atoms with Crippen molar-refractivity contribution in [2.24, 2.45) is 0 Å². The Morgan fingerprint density at radius 2 is 0.702 bits per heavy atom. The second-order valence-corrected chi connectivity index (χ2v) is 15.1. The van der Waals surface area contributed by atoms with Gasteiger partial charge in [0.05, 0.1) is 0 Å². The van der Waals surface area contributed by atoms with Gasteiger partial charge in [-0.2, -0.15) is 0 Å². The Kier molecular flexibility index (Phi) is 7.00. The minimum Gasteiger partial charge on any atom is -0.455 e. The molecule has 1 heteroatoms. The van der Waals surface area contributed by atoms with Gasteiger partial charge in [-0.1, -0.05) is 182 Å². The van der Waals surface area contributed by atoms with Crippen molar-refractivity contribution in [1.82, 2.24) is 0 Å². The van der Waals surface area contributed by atoms with Crippen molar-refractivity contribution in [3.05, 3.63) is 206 Å². The van der Waals surface area contributed by atoms with Gasteiger partial charge < -0.3 is 4.42 Å². The first kappa shape index (κ1) is 31.8. The second-order valence-electron chi connectivity index (χ2n) is 15.1. The van der Waals surface area contributed by atoms with E-state index in [2.05, 4.69) is 206 Å². The molecule has 1 nitrogen and oxygen atoms in total. The van der Waals surface area contributed by atoms with E-state index in [4.69, 9.17) is 4.42 Å². The van der Waals surface area contributed by atoms with Crippen molar-refractivity contribution in [3.63, 3.8) is 0 Å². The van der Waals surface area contributed by atoms with E-state index in [0.717, 1.165) is 38.6 Å². The number of furan rings is 1. The van der Waals surface area contributed by atoms with Gasteiger partial charge in [0.25, 0.3) is 0 Å². The molecule has 0 aliphatic heterocycles. The molecule has 0 aliphatic rings. The van der Waals surface area contributed by atoms with Crippen LogP contribution in [0.2, 0.25) is 0 Å². The van der Waals surface area contributed by atoms with Gasteiger partial charge >= 0.3 is 0 Å². The third-order valence-electron chi connectivity index (χ3n) is 12.0. The first-order valence-corrected chi connectivity index (χ1v) is 19.7. The monoisotopic (exact) mass is 722 g/mol. The van der Waals surface area contributed by atoms with E-state index in [1.807, 2.05) is 0 Å². The van der Waals surface area contributed by atoms with E-state index in [1.54, 1.807) is 0 Å². The van der Waals surface area contributed by atoms with Crippen LogP contribution in [0.4, 0.5) is 0 Å². The van der Waals surface area contributed by atoms with Crippen LogP contribution in [0.15, 0.2) is 211 Å². The van der Waals surface area contributed by atoms with Gasteiger partial charge in [-0.15, -0.1) is 0 Å². The maximum absolute atomic E-state index is 6.90. The fraction of sp³-hybridized carbons (Fsp3) is 0. The van der Waals surface area contributed by atoms with E-state index in [0.29, 0.717) is 0 Å². The molecule has 0 aliphatic carbocycles. The van der Waals surface area contributed by atoms with E-state index in [9.17, 15) is 0 Å². The van der Waals surface area contributed by atoms with Gasteiger partial charge in [-0.3, -0.25) is 0 Å². The van der Waals surface area contributed by atoms with E-state index in [1.165, 1.54) is 81.7 Å². The fourth-order valence-corrected chi connectivity index (χ4v) is 9.48. The van der Waals surface area contributed by atoms with Crippen LogP contribution in [0.3, 0.4) is 0 Å². The first-order valence-electron chi connectivity index (χ1n) is 19.7. The standard InChI is InChI=1S/C56H34O/c1-2-16-37(17-3-1)54-53(45-22-10-11-23-46(45)55-48-24-12-13-25-50(48)57-56(54)55)42-30-31-47-49(34-42)52(41-29-27-36-15-5-7-19-39(36)33-41)44-21-9-8-20-43(44)51(47)40-28-26-35-14-4-6-18-38(35)32-40/h1-34H. The highest BCUT2D eigenvalue weighted by molar-refractivity contribution is 6.28. The van der Waals surface area contributed by atoms with Crippen LogP contribution in [0, 0.1) is 0 Å². The Morgan fingerprint density at radius 3 is 1.35 bits per heavy atom. The molecule has 0 saturated carbocycles. The lowest BCUT2D eigenvalue weighted by Crippen LogP contribution is -1.94. The molecular formula is C56H34O. The van der Waals surface area contributed by atoms with Gasteiger partial charge in [0.15, 0.2) is 0 Å². The molecule has 0 atom stereocenters. The fourth-order valence-electron chi connectivity index (χ4n) is 9.48. The van der Waals surface area contributed by atoms with Gasteiger partial charge in [0, 0.05) is 21.9 Å². The summed E-state index contributed by atoms with van der Waals surface area (Å²) in [6.07, 6.45) is 0. The van der Waals surface area contributed by atoms with Crippen LogP contribution in [0.25, 0.3) is 120 Å². The highest BCUT2D eigenvalue weighted by Gasteiger charge is 2.24. The van der Waals surface area contributed by atoms with Crippen molar-refractivity contribution in [2.75, 3.05) is 0 Å². The van der Waals surface area contributed by atoms with Crippen molar-refractivity contribution >= 4 is 75.8 Å². The van der Waals surface area contributed by atoms with Crippen molar-refractivity contribution < 1.29 is 4.42 Å². The molecule has 57 heavy (non-hydrogen) atoms. The van der Waals surface area contributed by atoms with Crippen molar-refractivity contribution in [1.29, 1.82) is 0 Å². The zero-order valence-corrected chi connectivity index (χ0v) is 31.0. The summed E-state index contributed by atoms with van der Waals surface area (Å²) in [6, 6.07) is 75.4. The molecule has 11 aromatic carbocycles. The minimum atomic E-state index is 0.899. The predicted octanol–water partition coefficient (Wildman–Crippen LogP) is 16.0. The number of hydrogen-bond donors (Lipinski definition) is 0. The Labute approximate surface area is 329 Å². The molecule has 12 rings (SSSR count). The average Bonchev–Trinajstić information content (AvgIpc) is 3.67. The zero-order valence-electron chi connectivity index (χ0n) is 31.0. The smallest absolute Gasteiger partial charge is 0.144 e. The maximum Gasteiger partial charge on any atom is 0.144 e. The van der Waals surface area contributed by atoms with Gasteiger partial charge in [-0.05, 0) is 112 Å².